The molecule has 23 heavy (non-hydrogen) atoms. The third-order valence-corrected chi connectivity index (χ3v) is 3.48. The van der Waals surface area contributed by atoms with E-state index in [1.54, 1.807) is 6.20 Å². The van der Waals surface area contributed by atoms with Crippen LogP contribution in [0.3, 0.4) is 0 Å². The number of aromatic nitrogens is 1. The number of aryl methyl sites for hydroxylation is 1. The van der Waals surface area contributed by atoms with Gasteiger partial charge in [-0.25, -0.2) is 4.79 Å². The maximum atomic E-state index is 12.0. The average molecular weight is 303 g/mol. The maximum absolute atomic E-state index is 12.0. The van der Waals surface area contributed by atoms with Crippen LogP contribution in [0.2, 0.25) is 0 Å². The second-order valence-electron chi connectivity index (χ2n) is 5.19. The van der Waals surface area contributed by atoms with Crippen molar-refractivity contribution in [2.24, 2.45) is 0 Å². The van der Waals surface area contributed by atoms with E-state index in [9.17, 15) is 4.79 Å². The summed E-state index contributed by atoms with van der Waals surface area (Å²) < 4.78 is 0. The first-order valence-corrected chi connectivity index (χ1v) is 7.37. The largest absolute Gasteiger partial charge is 0.323 e. The highest BCUT2D eigenvalue weighted by Crippen LogP contribution is 2.18. The number of para-hydroxylation sites is 1. The standard InChI is InChI=1S/C19H17N3O/c1-14-7-5-6-10-17(14)22-19(23)21-16-11-12-18(20-13-16)15-8-3-2-4-9-15/h2-13H,1H3,(H2,21,22,23). The van der Waals surface area contributed by atoms with Crippen molar-refractivity contribution in [1.29, 1.82) is 0 Å². The van der Waals surface area contributed by atoms with Crippen molar-refractivity contribution in [3.05, 3.63) is 78.5 Å². The van der Waals surface area contributed by atoms with Gasteiger partial charge in [-0.1, -0.05) is 48.5 Å². The average Bonchev–Trinajstić information content (AvgIpc) is 2.58. The normalized spacial score (nSPS) is 10.1. The number of urea groups is 1. The van der Waals surface area contributed by atoms with E-state index in [1.807, 2.05) is 73.7 Å². The van der Waals surface area contributed by atoms with E-state index in [1.165, 1.54) is 0 Å². The number of hydrogen-bond donors (Lipinski definition) is 2. The molecular formula is C19H17N3O. The fraction of sp³-hybridized carbons (Fsp3) is 0.0526. The van der Waals surface area contributed by atoms with Gasteiger partial charge in [0.2, 0.25) is 0 Å². The Labute approximate surface area is 135 Å². The molecule has 2 amide bonds. The first-order chi connectivity index (χ1) is 11.2. The molecule has 0 bridgehead atoms. The summed E-state index contributed by atoms with van der Waals surface area (Å²) in [6.45, 7) is 1.95. The Hall–Kier alpha value is -3.14. The molecule has 0 saturated carbocycles. The van der Waals surface area contributed by atoms with Crippen molar-refractivity contribution in [3.63, 3.8) is 0 Å². The lowest BCUT2D eigenvalue weighted by Gasteiger charge is -2.10. The van der Waals surface area contributed by atoms with Gasteiger partial charge in [-0.3, -0.25) is 4.98 Å². The zero-order valence-corrected chi connectivity index (χ0v) is 12.8. The Balaban J connectivity index is 1.66. The Kier molecular flexibility index (Phi) is 4.34. The van der Waals surface area contributed by atoms with Gasteiger partial charge >= 0.3 is 6.03 Å². The van der Waals surface area contributed by atoms with Crippen LogP contribution in [-0.4, -0.2) is 11.0 Å². The van der Waals surface area contributed by atoms with E-state index in [0.717, 1.165) is 22.5 Å². The minimum atomic E-state index is -0.284. The van der Waals surface area contributed by atoms with Crippen LogP contribution in [0.5, 0.6) is 0 Å². The van der Waals surface area contributed by atoms with Crippen LogP contribution < -0.4 is 10.6 Å². The number of pyridine rings is 1. The van der Waals surface area contributed by atoms with Crippen molar-refractivity contribution in [1.82, 2.24) is 4.98 Å². The number of nitrogens with zero attached hydrogens (tertiary/aromatic N) is 1. The molecule has 0 aliphatic rings. The SMILES string of the molecule is Cc1ccccc1NC(=O)Nc1ccc(-c2ccccc2)nc1. The Morgan fingerprint density at radius 3 is 2.30 bits per heavy atom. The van der Waals surface area contributed by atoms with Gasteiger partial charge in [0.05, 0.1) is 17.6 Å². The van der Waals surface area contributed by atoms with Gasteiger partial charge in [-0.05, 0) is 30.7 Å². The number of rotatable bonds is 3. The number of hydrogen-bond acceptors (Lipinski definition) is 2. The number of amides is 2. The maximum Gasteiger partial charge on any atom is 0.323 e. The quantitative estimate of drug-likeness (QED) is 0.736. The third kappa shape index (κ3) is 3.74. The molecule has 0 aliphatic carbocycles. The van der Waals surface area contributed by atoms with E-state index in [0.29, 0.717) is 5.69 Å². The summed E-state index contributed by atoms with van der Waals surface area (Å²) >= 11 is 0. The van der Waals surface area contributed by atoms with Crippen molar-refractivity contribution < 1.29 is 4.79 Å². The van der Waals surface area contributed by atoms with Crippen LogP contribution in [-0.2, 0) is 0 Å². The molecular weight excluding hydrogens is 286 g/mol. The topological polar surface area (TPSA) is 54.0 Å². The lowest BCUT2D eigenvalue weighted by molar-refractivity contribution is 0.262. The highest BCUT2D eigenvalue weighted by molar-refractivity contribution is 6.00. The Bertz CT molecular complexity index is 798. The molecule has 0 fully saturated rings. The van der Waals surface area contributed by atoms with Gasteiger partial charge < -0.3 is 10.6 Å². The van der Waals surface area contributed by atoms with Gasteiger partial charge in [0.1, 0.15) is 0 Å². The first-order valence-electron chi connectivity index (χ1n) is 7.37. The fourth-order valence-electron chi connectivity index (χ4n) is 2.25. The zero-order chi connectivity index (χ0) is 16.1. The van der Waals surface area contributed by atoms with Crippen LogP contribution in [0.4, 0.5) is 16.2 Å². The molecule has 0 unspecified atom stereocenters. The lowest BCUT2D eigenvalue weighted by Crippen LogP contribution is -2.20. The predicted octanol–water partition coefficient (Wildman–Crippen LogP) is 4.70. The minimum absolute atomic E-state index is 0.284. The molecule has 1 aromatic heterocycles. The van der Waals surface area contributed by atoms with Crippen molar-refractivity contribution in [2.45, 2.75) is 6.92 Å². The first kappa shape index (κ1) is 14.8. The van der Waals surface area contributed by atoms with Crippen LogP contribution in [0.25, 0.3) is 11.3 Å². The minimum Gasteiger partial charge on any atom is -0.307 e. The molecule has 2 N–H and O–H groups in total. The Morgan fingerprint density at radius 1 is 0.870 bits per heavy atom. The summed E-state index contributed by atoms with van der Waals surface area (Å²) in [6, 6.07) is 21.0. The molecule has 114 valence electrons. The predicted molar refractivity (Wildman–Crippen MR) is 93.5 cm³/mol. The van der Waals surface area contributed by atoms with E-state index >= 15 is 0 Å². The van der Waals surface area contributed by atoms with E-state index in [2.05, 4.69) is 15.6 Å². The lowest BCUT2D eigenvalue weighted by atomic mass is 10.1. The molecule has 0 radical (unpaired) electrons. The summed E-state index contributed by atoms with van der Waals surface area (Å²) in [4.78, 5) is 16.4. The molecule has 0 aliphatic heterocycles. The summed E-state index contributed by atoms with van der Waals surface area (Å²) in [5.41, 5.74) is 4.37. The molecule has 0 atom stereocenters. The zero-order valence-electron chi connectivity index (χ0n) is 12.8. The summed E-state index contributed by atoms with van der Waals surface area (Å²) in [6.07, 6.45) is 1.65. The Morgan fingerprint density at radius 2 is 1.61 bits per heavy atom. The molecule has 3 rings (SSSR count). The fourth-order valence-corrected chi connectivity index (χ4v) is 2.25. The van der Waals surface area contributed by atoms with Gasteiger partial charge in [0, 0.05) is 11.3 Å². The van der Waals surface area contributed by atoms with Crippen molar-refractivity contribution in [3.8, 4) is 11.3 Å². The molecule has 4 nitrogen and oxygen atoms in total. The molecule has 1 heterocycles. The van der Waals surface area contributed by atoms with Crippen LogP contribution in [0.1, 0.15) is 5.56 Å². The summed E-state index contributed by atoms with van der Waals surface area (Å²) in [7, 11) is 0. The number of nitrogens with one attached hydrogen (secondary N) is 2. The summed E-state index contributed by atoms with van der Waals surface area (Å²) in [5, 5.41) is 5.61. The molecule has 0 saturated heterocycles. The smallest absolute Gasteiger partial charge is 0.307 e. The molecule has 4 heteroatoms. The van der Waals surface area contributed by atoms with Crippen molar-refractivity contribution in [2.75, 3.05) is 10.6 Å². The van der Waals surface area contributed by atoms with Gasteiger partial charge in [-0.15, -0.1) is 0 Å². The molecule has 0 spiro atoms. The van der Waals surface area contributed by atoms with E-state index in [4.69, 9.17) is 0 Å². The molecule has 2 aromatic carbocycles. The second-order valence-corrected chi connectivity index (χ2v) is 5.19. The van der Waals surface area contributed by atoms with Crippen molar-refractivity contribution >= 4 is 17.4 Å². The number of carbonyl (C=O) groups excluding carboxylic acids is 1. The number of carbonyl (C=O) groups is 1. The summed E-state index contributed by atoms with van der Waals surface area (Å²) in [5.74, 6) is 0. The van der Waals surface area contributed by atoms with Crippen LogP contribution >= 0.6 is 0 Å². The number of anilines is 2. The van der Waals surface area contributed by atoms with Gasteiger partial charge in [-0.2, -0.15) is 0 Å². The highest BCUT2D eigenvalue weighted by Gasteiger charge is 2.05. The second kappa shape index (κ2) is 6.75. The van der Waals surface area contributed by atoms with E-state index in [-0.39, 0.29) is 6.03 Å². The third-order valence-electron chi connectivity index (χ3n) is 3.48. The highest BCUT2D eigenvalue weighted by atomic mass is 16.2. The van der Waals surface area contributed by atoms with Gasteiger partial charge in [0.15, 0.2) is 0 Å². The molecule has 3 aromatic rings. The van der Waals surface area contributed by atoms with Crippen LogP contribution in [0, 0.1) is 6.92 Å². The monoisotopic (exact) mass is 303 g/mol. The van der Waals surface area contributed by atoms with Crippen LogP contribution in [0.15, 0.2) is 72.9 Å². The van der Waals surface area contributed by atoms with Gasteiger partial charge in [0.25, 0.3) is 0 Å². The van der Waals surface area contributed by atoms with E-state index < -0.39 is 0 Å². The number of benzene rings is 2.